The summed E-state index contributed by atoms with van der Waals surface area (Å²) in [5.41, 5.74) is 2.81. The van der Waals surface area contributed by atoms with Crippen LogP contribution < -0.4 is 15.5 Å². The molecule has 1 aliphatic carbocycles. The minimum atomic E-state index is -0.218. The molecule has 0 aliphatic heterocycles. The molecule has 2 N–H and O–H groups in total. The third-order valence-electron chi connectivity index (χ3n) is 4.73. The zero-order valence-corrected chi connectivity index (χ0v) is 18.3. The molecule has 6 heteroatoms. The number of benzene rings is 1. The fourth-order valence-electron chi connectivity index (χ4n) is 3.20. The van der Waals surface area contributed by atoms with Gasteiger partial charge in [0.25, 0.3) is 0 Å². The second-order valence-electron chi connectivity index (χ2n) is 9.18. The van der Waals surface area contributed by atoms with Gasteiger partial charge in [-0.3, -0.25) is 4.79 Å². The predicted molar refractivity (Wildman–Crippen MR) is 116 cm³/mol. The van der Waals surface area contributed by atoms with Crippen molar-refractivity contribution in [3.63, 3.8) is 0 Å². The van der Waals surface area contributed by atoms with Crippen LogP contribution in [0.1, 0.15) is 52.5 Å². The summed E-state index contributed by atoms with van der Waals surface area (Å²) in [6, 6.07) is 5.66. The van der Waals surface area contributed by atoms with Crippen LogP contribution in [0.3, 0.4) is 0 Å². The molecular formula is C22H36N4O2. The minimum absolute atomic E-state index is 0.0368. The SMILES string of the molecule is CCNC(=O)Nc1ccc(N(C)C)c(CN(CC2CC2)C(=O)CC(C)(C)C)c1. The molecule has 156 valence electrons. The van der Waals surface area contributed by atoms with Gasteiger partial charge in [-0.25, -0.2) is 4.79 Å². The maximum absolute atomic E-state index is 13.0. The maximum Gasteiger partial charge on any atom is 0.319 e. The van der Waals surface area contributed by atoms with Gasteiger partial charge in [0.2, 0.25) is 5.91 Å². The highest BCUT2D eigenvalue weighted by Gasteiger charge is 2.29. The van der Waals surface area contributed by atoms with E-state index >= 15 is 0 Å². The van der Waals surface area contributed by atoms with E-state index in [4.69, 9.17) is 0 Å². The van der Waals surface area contributed by atoms with E-state index in [1.54, 1.807) is 0 Å². The number of nitrogens with one attached hydrogen (secondary N) is 2. The van der Waals surface area contributed by atoms with Crippen molar-refractivity contribution in [2.24, 2.45) is 11.3 Å². The fraction of sp³-hybridized carbons (Fsp3) is 0.636. The Morgan fingerprint density at radius 2 is 1.86 bits per heavy atom. The van der Waals surface area contributed by atoms with Crippen molar-refractivity contribution in [2.75, 3.05) is 37.4 Å². The van der Waals surface area contributed by atoms with E-state index in [-0.39, 0.29) is 17.4 Å². The lowest BCUT2D eigenvalue weighted by Gasteiger charge is -2.29. The number of carbonyl (C=O) groups excluding carboxylic acids is 2. The van der Waals surface area contributed by atoms with Crippen LogP contribution in [0.5, 0.6) is 0 Å². The van der Waals surface area contributed by atoms with Crippen molar-refractivity contribution < 1.29 is 9.59 Å². The van der Waals surface area contributed by atoms with E-state index in [0.717, 1.165) is 23.5 Å². The number of hydrogen-bond donors (Lipinski definition) is 2. The summed E-state index contributed by atoms with van der Waals surface area (Å²) in [6.45, 7) is 10.1. The van der Waals surface area contributed by atoms with Crippen molar-refractivity contribution in [2.45, 2.75) is 53.5 Å². The van der Waals surface area contributed by atoms with Crippen molar-refractivity contribution in [3.8, 4) is 0 Å². The first-order valence-electron chi connectivity index (χ1n) is 10.2. The van der Waals surface area contributed by atoms with Crippen molar-refractivity contribution >= 4 is 23.3 Å². The van der Waals surface area contributed by atoms with Gasteiger partial charge in [-0.2, -0.15) is 0 Å². The van der Waals surface area contributed by atoms with Gasteiger partial charge in [0.05, 0.1) is 0 Å². The first-order valence-corrected chi connectivity index (χ1v) is 10.2. The van der Waals surface area contributed by atoms with Gasteiger partial charge in [-0.05, 0) is 54.9 Å². The van der Waals surface area contributed by atoms with Crippen molar-refractivity contribution in [1.29, 1.82) is 0 Å². The first kappa shape index (κ1) is 22.1. The summed E-state index contributed by atoms with van der Waals surface area (Å²) in [5, 5.41) is 5.62. The molecule has 6 nitrogen and oxygen atoms in total. The zero-order chi connectivity index (χ0) is 20.9. The zero-order valence-electron chi connectivity index (χ0n) is 18.3. The quantitative estimate of drug-likeness (QED) is 0.706. The van der Waals surface area contributed by atoms with Crippen LogP contribution in [0, 0.1) is 11.3 Å². The van der Waals surface area contributed by atoms with Gasteiger partial charge >= 0.3 is 6.03 Å². The molecule has 1 aromatic rings. The molecule has 1 aliphatic rings. The standard InChI is InChI=1S/C22H36N4O2/c1-7-23-21(28)24-18-10-11-19(25(5)6)17(12-18)15-26(14-16-8-9-16)20(27)13-22(2,3)4/h10-12,16H,7-9,13-15H2,1-6H3,(H2,23,24,28). The second-order valence-corrected chi connectivity index (χ2v) is 9.18. The van der Waals surface area contributed by atoms with Crippen LogP contribution in [0.25, 0.3) is 0 Å². The summed E-state index contributed by atoms with van der Waals surface area (Å²) in [5.74, 6) is 0.828. The summed E-state index contributed by atoms with van der Waals surface area (Å²) in [6.07, 6.45) is 2.95. The summed E-state index contributed by atoms with van der Waals surface area (Å²) in [4.78, 5) is 28.9. The third kappa shape index (κ3) is 7.06. The Morgan fingerprint density at radius 1 is 1.18 bits per heavy atom. The van der Waals surface area contributed by atoms with E-state index in [9.17, 15) is 9.59 Å². The lowest BCUT2D eigenvalue weighted by atomic mass is 9.91. The van der Waals surface area contributed by atoms with Gasteiger partial charge in [-0.15, -0.1) is 0 Å². The molecule has 0 atom stereocenters. The summed E-state index contributed by atoms with van der Waals surface area (Å²) < 4.78 is 0. The molecule has 2 rings (SSSR count). The molecule has 0 radical (unpaired) electrons. The third-order valence-corrected chi connectivity index (χ3v) is 4.73. The van der Waals surface area contributed by atoms with Crippen LogP contribution in [-0.4, -0.2) is 44.0 Å². The molecule has 0 heterocycles. The van der Waals surface area contributed by atoms with Gasteiger partial charge in [0.1, 0.15) is 0 Å². The number of hydrogen-bond acceptors (Lipinski definition) is 3. The first-order chi connectivity index (χ1) is 13.1. The number of carbonyl (C=O) groups is 2. The lowest BCUT2D eigenvalue weighted by molar-refractivity contribution is -0.134. The Labute approximate surface area is 169 Å². The fourth-order valence-corrected chi connectivity index (χ4v) is 3.20. The van der Waals surface area contributed by atoms with E-state index < -0.39 is 0 Å². The van der Waals surface area contributed by atoms with Gasteiger partial charge in [0.15, 0.2) is 0 Å². The van der Waals surface area contributed by atoms with Crippen LogP contribution in [0.4, 0.5) is 16.2 Å². The van der Waals surface area contributed by atoms with Crippen molar-refractivity contribution in [1.82, 2.24) is 10.2 Å². The number of anilines is 2. The van der Waals surface area contributed by atoms with E-state index in [1.165, 1.54) is 12.8 Å². The lowest BCUT2D eigenvalue weighted by Crippen LogP contribution is -2.35. The molecule has 1 fully saturated rings. The Balaban J connectivity index is 2.24. The van der Waals surface area contributed by atoms with E-state index in [0.29, 0.717) is 25.4 Å². The normalized spacial score (nSPS) is 13.8. The van der Waals surface area contributed by atoms with Crippen LogP contribution in [0.15, 0.2) is 18.2 Å². The Hall–Kier alpha value is -2.24. The number of nitrogens with zero attached hydrogens (tertiary/aromatic N) is 2. The summed E-state index contributed by atoms with van der Waals surface area (Å²) >= 11 is 0. The van der Waals surface area contributed by atoms with Crippen molar-refractivity contribution in [3.05, 3.63) is 23.8 Å². The average Bonchev–Trinajstić information content (AvgIpc) is 3.36. The highest BCUT2D eigenvalue weighted by atomic mass is 16.2. The van der Waals surface area contributed by atoms with Crippen LogP contribution in [-0.2, 0) is 11.3 Å². The predicted octanol–water partition coefficient (Wildman–Crippen LogP) is 4.07. The van der Waals surface area contributed by atoms with Crippen LogP contribution >= 0.6 is 0 Å². The number of rotatable bonds is 8. The topological polar surface area (TPSA) is 64.7 Å². The van der Waals surface area contributed by atoms with Crippen LogP contribution in [0.2, 0.25) is 0 Å². The van der Waals surface area contributed by atoms with E-state index in [1.807, 2.05) is 44.1 Å². The Kier molecular flexibility index (Phi) is 7.33. The molecule has 0 aromatic heterocycles. The molecule has 0 saturated heterocycles. The molecule has 1 saturated carbocycles. The average molecular weight is 389 g/mol. The largest absolute Gasteiger partial charge is 0.377 e. The Bertz CT molecular complexity index is 690. The highest BCUT2D eigenvalue weighted by Crippen LogP contribution is 2.32. The second kappa shape index (κ2) is 9.30. The molecule has 0 spiro atoms. The highest BCUT2D eigenvalue weighted by molar-refractivity contribution is 5.89. The van der Waals surface area contributed by atoms with Gasteiger partial charge < -0.3 is 20.4 Å². The van der Waals surface area contributed by atoms with E-state index in [2.05, 4.69) is 36.3 Å². The van der Waals surface area contributed by atoms with Gasteiger partial charge in [0, 0.05) is 51.5 Å². The molecule has 3 amide bonds. The minimum Gasteiger partial charge on any atom is -0.377 e. The van der Waals surface area contributed by atoms with Gasteiger partial charge in [-0.1, -0.05) is 20.8 Å². The molecule has 0 unspecified atom stereocenters. The number of urea groups is 1. The molecule has 28 heavy (non-hydrogen) atoms. The smallest absolute Gasteiger partial charge is 0.319 e. The molecule has 0 bridgehead atoms. The summed E-state index contributed by atoms with van der Waals surface area (Å²) in [7, 11) is 4.00. The monoisotopic (exact) mass is 388 g/mol. The Morgan fingerprint density at radius 3 is 2.39 bits per heavy atom. The molecular weight excluding hydrogens is 352 g/mol. The molecule has 1 aromatic carbocycles. The number of amides is 3. The maximum atomic E-state index is 13.0.